The first-order valence-corrected chi connectivity index (χ1v) is 9.39. The van der Waals surface area contributed by atoms with Crippen LogP contribution in [0, 0.1) is 0 Å². The van der Waals surface area contributed by atoms with Gasteiger partial charge in [-0.25, -0.2) is 0 Å². The maximum atomic E-state index is 10.8. The Bertz CT molecular complexity index is 424. The molecular formula is C9H20N2O8P2. The number of hydrogen-bond donors (Lipinski definition) is 6. The van der Waals surface area contributed by atoms with Crippen molar-refractivity contribution in [2.45, 2.75) is 44.9 Å². The molecule has 124 valence electrons. The SMILES string of the molecule is O=P(O)(O)/C(CCCCCCC/C(=N\O)P(=O)(O)O)=N\O. The van der Waals surface area contributed by atoms with Gasteiger partial charge in [-0.3, -0.25) is 9.13 Å². The fraction of sp³-hybridized carbons (Fsp3) is 0.778. The zero-order chi connectivity index (χ0) is 16.5. The Balaban J connectivity index is 3.85. The Morgan fingerprint density at radius 2 is 0.952 bits per heavy atom. The van der Waals surface area contributed by atoms with Gasteiger partial charge in [0.05, 0.1) is 0 Å². The van der Waals surface area contributed by atoms with E-state index in [0.717, 1.165) is 0 Å². The molecule has 0 saturated carbocycles. The maximum absolute atomic E-state index is 10.8. The van der Waals surface area contributed by atoms with E-state index in [2.05, 4.69) is 10.3 Å². The monoisotopic (exact) mass is 346 g/mol. The minimum Gasteiger partial charge on any atom is -0.410 e. The smallest absolute Gasteiger partial charge is 0.373 e. The molecule has 0 spiro atoms. The van der Waals surface area contributed by atoms with Gasteiger partial charge in [0.15, 0.2) is 10.9 Å². The van der Waals surface area contributed by atoms with Crippen molar-refractivity contribution in [1.82, 2.24) is 0 Å². The first-order valence-electron chi connectivity index (χ1n) is 6.17. The van der Waals surface area contributed by atoms with Crippen LogP contribution in [0.2, 0.25) is 0 Å². The van der Waals surface area contributed by atoms with E-state index < -0.39 is 26.1 Å². The minimum absolute atomic E-state index is 0.0212. The molecule has 0 aromatic carbocycles. The zero-order valence-corrected chi connectivity index (χ0v) is 13.0. The van der Waals surface area contributed by atoms with Gasteiger partial charge in [-0.15, -0.1) is 0 Å². The summed E-state index contributed by atoms with van der Waals surface area (Å²) in [6.45, 7) is 0. The number of nitrogens with zero attached hydrogens (tertiary/aromatic N) is 2. The van der Waals surface area contributed by atoms with E-state index in [1.54, 1.807) is 0 Å². The van der Waals surface area contributed by atoms with Crippen LogP contribution in [0.3, 0.4) is 0 Å². The highest BCUT2D eigenvalue weighted by molar-refractivity contribution is 7.70. The van der Waals surface area contributed by atoms with E-state index in [0.29, 0.717) is 32.1 Å². The number of rotatable bonds is 10. The molecule has 0 aromatic rings. The third-order valence-corrected chi connectivity index (χ3v) is 4.68. The number of oxime groups is 2. The van der Waals surface area contributed by atoms with Gasteiger partial charge in [-0.2, -0.15) is 0 Å². The molecule has 0 aliphatic heterocycles. The van der Waals surface area contributed by atoms with Crippen molar-refractivity contribution < 1.29 is 39.1 Å². The summed E-state index contributed by atoms with van der Waals surface area (Å²) in [6, 6.07) is 0. The molecule has 0 unspecified atom stereocenters. The normalized spacial score (nSPS) is 14.5. The predicted molar refractivity (Wildman–Crippen MR) is 74.9 cm³/mol. The summed E-state index contributed by atoms with van der Waals surface area (Å²) in [7, 11) is -9.01. The lowest BCUT2D eigenvalue weighted by atomic mass is 10.1. The lowest BCUT2D eigenvalue weighted by Gasteiger charge is -2.07. The van der Waals surface area contributed by atoms with E-state index in [1.165, 1.54) is 0 Å². The summed E-state index contributed by atoms with van der Waals surface area (Å²) < 4.78 is 21.6. The molecule has 10 nitrogen and oxygen atoms in total. The lowest BCUT2D eigenvalue weighted by molar-refractivity contribution is 0.314. The van der Waals surface area contributed by atoms with Gasteiger partial charge in [0.25, 0.3) is 0 Å². The average molecular weight is 346 g/mol. The van der Waals surface area contributed by atoms with Crippen LogP contribution in [0.5, 0.6) is 0 Å². The highest BCUT2D eigenvalue weighted by Gasteiger charge is 2.24. The van der Waals surface area contributed by atoms with Crippen LogP contribution >= 0.6 is 15.2 Å². The molecule has 0 bridgehead atoms. The van der Waals surface area contributed by atoms with Gasteiger partial charge < -0.3 is 30.0 Å². The number of unbranched alkanes of at least 4 members (excludes halogenated alkanes) is 4. The summed E-state index contributed by atoms with van der Waals surface area (Å²) in [4.78, 5) is 35.2. The van der Waals surface area contributed by atoms with E-state index >= 15 is 0 Å². The summed E-state index contributed by atoms with van der Waals surface area (Å²) in [5.41, 5.74) is -1.11. The molecule has 0 radical (unpaired) electrons. The largest absolute Gasteiger partial charge is 0.410 e. The molecular weight excluding hydrogens is 326 g/mol. The molecule has 6 N–H and O–H groups in total. The molecule has 0 aliphatic rings. The van der Waals surface area contributed by atoms with Crippen LogP contribution in [-0.2, 0) is 9.13 Å². The Morgan fingerprint density at radius 1 is 0.667 bits per heavy atom. The van der Waals surface area contributed by atoms with Crippen LogP contribution in [0.25, 0.3) is 0 Å². The standard InChI is InChI=1S/C9H20N2O8P2/c12-10-8(20(14,15)16)6-4-2-1-3-5-7-9(11-13)21(17,18)19/h12-13H,1-7H2,(H2,14,15,16)(H2,17,18,19)/b10-8-,11-9+. The van der Waals surface area contributed by atoms with Crippen LogP contribution < -0.4 is 0 Å². The second-order valence-electron chi connectivity index (χ2n) is 4.39. The Morgan fingerprint density at radius 3 is 1.19 bits per heavy atom. The molecule has 0 fully saturated rings. The summed E-state index contributed by atoms with van der Waals surface area (Å²) in [5, 5.41) is 22.1. The molecule has 21 heavy (non-hydrogen) atoms. The van der Waals surface area contributed by atoms with E-state index in [9.17, 15) is 9.13 Å². The molecule has 12 heteroatoms. The molecule has 0 heterocycles. The van der Waals surface area contributed by atoms with Gasteiger partial charge in [0.2, 0.25) is 0 Å². The van der Waals surface area contributed by atoms with Crippen LogP contribution in [0.4, 0.5) is 0 Å². The average Bonchev–Trinajstić information content (AvgIpc) is 2.34. The predicted octanol–water partition coefficient (Wildman–Crippen LogP) is 1.65. The van der Waals surface area contributed by atoms with Crippen molar-refractivity contribution in [1.29, 1.82) is 0 Å². The van der Waals surface area contributed by atoms with Gasteiger partial charge in [-0.1, -0.05) is 29.6 Å². The first-order chi connectivity index (χ1) is 9.62. The van der Waals surface area contributed by atoms with Gasteiger partial charge in [0, 0.05) is 12.8 Å². The fourth-order valence-corrected chi connectivity index (χ4v) is 2.74. The Kier molecular flexibility index (Phi) is 8.96. The highest BCUT2D eigenvalue weighted by atomic mass is 31.2. The minimum atomic E-state index is -4.50. The van der Waals surface area contributed by atoms with Crippen LogP contribution in [0.15, 0.2) is 10.3 Å². The van der Waals surface area contributed by atoms with E-state index in [4.69, 9.17) is 30.0 Å². The fourth-order valence-electron chi connectivity index (χ4n) is 1.60. The molecule has 0 rings (SSSR count). The van der Waals surface area contributed by atoms with Crippen LogP contribution in [0.1, 0.15) is 44.9 Å². The molecule has 0 saturated heterocycles. The van der Waals surface area contributed by atoms with Crippen molar-refractivity contribution in [3.8, 4) is 0 Å². The van der Waals surface area contributed by atoms with E-state index in [1.807, 2.05) is 0 Å². The summed E-state index contributed by atoms with van der Waals surface area (Å²) in [6.07, 6.45) is 2.69. The van der Waals surface area contributed by atoms with Gasteiger partial charge in [0.1, 0.15) is 0 Å². The van der Waals surface area contributed by atoms with Gasteiger partial charge in [-0.05, 0) is 12.8 Å². The van der Waals surface area contributed by atoms with Crippen molar-refractivity contribution in [3.63, 3.8) is 0 Å². The van der Waals surface area contributed by atoms with E-state index in [-0.39, 0.29) is 12.8 Å². The lowest BCUT2D eigenvalue weighted by Crippen LogP contribution is -2.00. The second-order valence-corrected chi connectivity index (χ2v) is 7.60. The molecule has 0 aromatic heterocycles. The first kappa shape index (κ1) is 20.2. The zero-order valence-electron chi connectivity index (χ0n) is 11.2. The molecule has 0 amide bonds. The Labute approximate surface area is 121 Å². The van der Waals surface area contributed by atoms with Crippen LogP contribution in [-0.4, -0.2) is 40.9 Å². The van der Waals surface area contributed by atoms with Gasteiger partial charge >= 0.3 is 15.2 Å². The Hall–Kier alpha value is -0.760. The third kappa shape index (κ3) is 8.98. The molecule has 0 aliphatic carbocycles. The van der Waals surface area contributed by atoms with Crippen molar-refractivity contribution in [2.75, 3.05) is 0 Å². The summed E-state index contributed by atoms with van der Waals surface area (Å²) in [5.74, 6) is 0. The highest BCUT2D eigenvalue weighted by Crippen LogP contribution is 2.39. The van der Waals surface area contributed by atoms with Crippen molar-refractivity contribution >= 4 is 26.1 Å². The van der Waals surface area contributed by atoms with Crippen molar-refractivity contribution in [2.24, 2.45) is 10.3 Å². The quantitative estimate of drug-likeness (QED) is 0.113. The topological polar surface area (TPSA) is 180 Å². The number of hydrogen-bond acceptors (Lipinski definition) is 6. The molecule has 0 atom stereocenters. The van der Waals surface area contributed by atoms with Crippen molar-refractivity contribution in [3.05, 3.63) is 0 Å². The maximum Gasteiger partial charge on any atom is 0.373 e. The third-order valence-electron chi connectivity index (χ3n) is 2.70. The second kappa shape index (κ2) is 9.30. The summed E-state index contributed by atoms with van der Waals surface area (Å²) >= 11 is 0.